The molecule has 0 aliphatic heterocycles. The average molecular weight is 453 g/mol. The van der Waals surface area contributed by atoms with E-state index in [1.807, 2.05) is 6.07 Å². The molecule has 0 spiro atoms. The molecule has 1 aliphatic rings. The number of ether oxygens (including phenoxy) is 1. The van der Waals surface area contributed by atoms with Crippen molar-refractivity contribution < 1.29 is 14.9 Å². The summed E-state index contributed by atoms with van der Waals surface area (Å²) >= 11 is 5.07. The van der Waals surface area contributed by atoms with E-state index in [9.17, 15) is 10.2 Å². The Morgan fingerprint density at radius 3 is 2.12 bits per heavy atom. The number of nitrogens with one attached hydrogen (secondary N) is 2. The van der Waals surface area contributed by atoms with Crippen LogP contribution >= 0.6 is 12.2 Å². The van der Waals surface area contributed by atoms with Crippen molar-refractivity contribution in [2.75, 3.05) is 7.11 Å². The number of hydrogen-bond donors (Lipinski definition) is 4. The second kappa shape index (κ2) is 7.69. The van der Waals surface area contributed by atoms with E-state index in [0.717, 1.165) is 17.5 Å². The summed E-state index contributed by atoms with van der Waals surface area (Å²) in [5, 5.41) is 20.7. The summed E-state index contributed by atoms with van der Waals surface area (Å²) in [5.41, 5.74) is 7.43. The molecule has 0 saturated heterocycles. The molecular weight excluding hydrogens is 420 g/mol. The van der Waals surface area contributed by atoms with Gasteiger partial charge in [0.1, 0.15) is 11.5 Å². The Bertz CT molecular complexity index is 1250. The van der Waals surface area contributed by atoms with E-state index < -0.39 is 0 Å². The van der Waals surface area contributed by atoms with E-state index >= 15 is 0 Å². The zero-order chi connectivity index (χ0) is 23.4. The average Bonchev–Trinajstić information content (AvgIpc) is 3.03. The molecule has 2 aromatic carbocycles. The van der Waals surface area contributed by atoms with Crippen LogP contribution in [0.25, 0.3) is 11.1 Å². The second-order valence-corrected chi connectivity index (χ2v) is 10.7. The van der Waals surface area contributed by atoms with E-state index in [-0.39, 0.29) is 22.5 Å². The highest BCUT2D eigenvalue weighted by molar-refractivity contribution is 7.71. The van der Waals surface area contributed by atoms with E-state index in [4.69, 9.17) is 17.0 Å². The Kier molecular flexibility index (Phi) is 5.40. The first kappa shape index (κ1) is 22.5. The van der Waals surface area contributed by atoms with Gasteiger partial charge in [-0.25, -0.2) is 0 Å². The van der Waals surface area contributed by atoms with Crippen molar-refractivity contribution in [3.8, 4) is 28.5 Å². The van der Waals surface area contributed by atoms with Crippen LogP contribution in [-0.4, -0.2) is 27.3 Å². The summed E-state index contributed by atoms with van der Waals surface area (Å²) in [7, 11) is 1.62. The Labute approximate surface area is 194 Å². The molecule has 0 amide bonds. The molecule has 4 rings (SSSR count). The number of phenols is 1. The number of hydrogen-bond acceptors (Lipinski definition) is 4. The van der Waals surface area contributed by atoms with Crippen LogP contribution < -0.4 is 4.74 Å². The molecule has 4 N–H and O–H groups in total. The molecule has 0 saturated carbocycles. The summed E-state index contributed by atoms with van der Waals surface area (Å²) in [6.45, 7) is 11.4. The number of imidazole rings is 1. The van der Waals surface area contributed by atoms with Crippen LogP contribution in [0.5, 0.6) is 17.4 Å². The van der Waals surface area contributed by atoms with E-state index in [1.165, 1.54) is 23.1 Å². The second-order valence-electron chi connectivity index (χ2n) is 10.2. The quantitative estimate of drug-likeness (QED) is 0.345. The molecule has 1 aliphatic carbocycles. The first-order valence-electron chi connectivity index (χ1n) is 11.0. The number of fused-ring (bicyclic) bond motifs is 1. The third-order valence-corrected chi connectivity index (χ3v) is 7.24. The first-order chi connectivity index (χ1) is 14.9. The predicted molar refractivity (Wildman–Crippen MR) is 131 cm³/mol. The van der Waals surface area contributed by atoms with Crippen molar-refractivity contribution in [2.24, 2.45) is 0 Å². The fourth-order valence-corrected chi connectivity index (χ4v) is 5.10. The van der Waals surface area contributed by atoms with Crippen LogP contribution in [0.4, 0.5) is 0 Å². The molecule has 0 fully saturated rings. The number of benzene rings is 2. The molecule has 1 aromatic heterocycles. The van der Waals surface area contributed by atoms with E-state index in [2.05, 4.69) is 56.7 Å². The Hall–Kier alpha value is -2.73. The minimum Gasteiger partial charge on any atom is -0.508 e. The van der Waals surface area contributed by atoms with Gasteiger partial charge >= 0.3 is 0 Å². The fraction of sp³-hybridized carbons (Fsp3) is 0.423. The number of methoxy groups -OCH3 is 1. The van der Waals surface area contributed by atoms with Gasteiger partial charge < -0.3 is 24.9 Å². The molecule has 0 atom stereocenters. The molecule has 0 unspecified atom stereocenters. The zero-order valence-electron chi connectivity index (χ0n) is 19.6. The number of aromatic nitrogens is 2. The third kappa shape index (κ3) is 3.81. The number of rotatable bonds is 4. The normalized spacial score (nSPS) is 16.6. The summed E-state index contributed by atoms with van der Waals surface area (Å²) in [5.74, 6) is 0.719. The van der Waals surface area contributed by atoms with Gasteiger partial charge in [0.25, 0.3) is 0 Å². The molecule has 0 radical (unpaired) electrons. The van der Waals surface area contributed by atoms with Crippen LogP contribution in [0, 0.1) is 11.7 Å². The lowest BCUT2D eigenvalue weighted by Crippen LogP contribution is -2.34. The summed E-state index contributed by atoms with van der Waals surface area (Å²) in [6.07, 6.45) is 2.61. The van der Waals surface area contributed by atoms with Crippen molar-refractivity contribution in [2.45, 2.75) is 64.7 Å². The summed E-state index contributed by atoms with van der Waals surface area (Å²) in [6, 6.07) is 8.24. The molecular formula is C26H32N2O3S. The summed E-state index contributed by atoms with van der Waals surface area (Å²) in [4.78, 5) is 5.63. The molecule has 170 valence electrons. The monoisotopic (exact) mass is 452 g/mol. The van der Waals surface area contributed by atoms with E-state index in [1.54, 1.807) is 13.2 Å². The zero-order valence-corrected chi connectivity index (χ0v) is 20.5. The smallest absolute Gasteiger partial charge is 0.210 e. The van der Waals surface area contributed by atoms with Crippen molar-refractivity contribution in [1.29, 1.82) is 0 Å². The van der Waals surface area contributed by atoms with Gasteiger partial charge in [0.05, 0.1) is 12.8 Å². The molecule has 5 nitrogen and oxygen atoms in total. The van der Waals surface area contributed by atoms with Gasteiger partial charge in [-0.1, -0.05) is 33.8 Å². The Morgan fingerprint density at radius 1 is 0.938 bits per heavy atom. The van der Waals surface area contributed by atoms with Gasteiger partial charge in [0, 0.05) is 23.6 Å². The van der Waals surface area contributed by atoms with Crippen molar-refractivity contribution >= 4 is 12.2 Å². The number of phenolic OH excluding ortho intramolecular Hbond substituents is 1. The van der Waals surface area contributed by atoms with E-state index in [0.29, 0.717) is 28.2 Å². The first-order valence-corrected chi connectivity index (χ1v) is 11.4. The molecule has 32 heavy (non-hydrogen) atoms. The lowest BCUT2D eigenvalue weighted by Gasteiger charge is -2.42. The highest BCUT2D eigenvalue weighted by Crippen LogP contribution is 2.49. The predicted octanol–water partition coefficient (Wildman–Crippen LogP) is 6.41. The molecule has 0 bridgehead atoms. The standard InChI is InChI=1S/C26H32N2O3S/c1-14-9-18-19(26(4,5)8-7-25(18,2)3)12-16(14)17-10-15(21(29)13-22(17)31-6)11-20-23(30)28-24(32)27-20/h9-10,12-13,29-30H,7-8,11H2,1-6H3,(H2,27,28,32). The lowest BCUT2D eigenvalue weighted by molar-refractivity contribution is 0.332. The Morgan fingerprint density at radius 2 is 1.56 bits per heavy atom. The Balaban J connectivity index is 1.89. The minimum absolute atomic E-state index is 0.0132. The number of aromatic hydroxyl groups is 2. The van der Waals surface area contributed by atoms with Gasteiger partial charge in [-0.15, -0.1) is 0 Å². The van der Waals surface area contributed by atoms with Crippen LogP contribution in [0.1, 0.15) is 68.5 Å². The number of aryl methyl sites for hydroxylation is 1. The minimum atomic E-state index is -0.0132. The van der Waals surface area contributed by atoms with Crippen LogP contribution in [0.15, 0.2) is 24.3 Å². The highest BCUT2D eigenvalue weighted by Gasteiger charge is 2.37. The summed E-state index contributed by atoms with van der Waals surface area (Å²) < 4.78 is 6.01. The largest absolute Gasteiger partial charge is 0.508 e. The van der Waals surface area contributed by atoms with Crippen molar-refractivity contribution in [1.82, 2.24) is 9.97 Å². The van der Waals surface area contributed by atoms with Crippen molar-refractivity contribution in [3.63, 3.8) is 0 Å². The van der Waals surface area contributed by atoms with Gasteiger partial charge in [-0.3, -0.25) is 0 Å². The van der Waals surface area contributed by atoms with Crippen molar-refractivity contribution in [3.05, 3.63) is 57.0 Å². The van der Waals surface area contributed by atoms with Crippen LogP contribution in [-0.2, 0) is 17.3 Å². The van der Waals surface area contributed by atoms with Gasteiger partial charge in [0.2, 0.25) is 5.88 Å². The lowest BCUT2D eigenvalue weighted by atomic mass is 9.62. The number of aromatic amines is 2. The third-order valence-electron chi connectivity index (χ3n) is 7.04. The van der Waals surface area contributed by atoms with Gasteiger partial charge in [0.15, 0.2) is 4.77 Å². The fourth-order valence-electron chi connectivity index (χ4n) is 4.88. The maximum atomic E-state index is 10.7. The molecule has 1 heterocycles. The maximum Gasteiger partial charge on any atom is 0.210 e. The molecule has 3 aromatic rings. The van der Waals surface area contributed by atoms with Gasteiger partial charge in [-0.05, 0) is 77.2 Å². The molecule has 6 heteroatoms. The van der Waals surface area contributed by atoms with Crippen LogP contribution in [0.3, 0.4) is 0 Å². The topological polar surface area (TPSA) is 81.3 Å². The SMILES string of the molecule is COc1cc(O)c(Cc2[nH]c(=S)[nH]c2O)cc1-c1cc2c(cc1C)C(C)(C)CCC2(C)C. The van der Waals surface area contributed by atoms with Crippen LogP contribution in [0.2, 0.25) is 0 Å². The number of H-pyrrole nitrogens is 2. The highest BCUT2D eigenvalue weighted by atomic mass is 32.1. The maximum absolute atomic E-state index is 10.7. The van der Waals surface area contributed by atoms with Gasteiger partial charge in [-0.2, -0.15) is 0 Å².